The summed E-state index contributed by atoms with van der Waals surface area (Å²) in [7, 11) is 1.65. The maximum Gasteiger partial charge on any atom is 0.223 e. The summed E-state index contributed by atoms with van der Waals surface area (Å²) in [5, 5.41) is 0. The lowest BCUT2D eigenvalue weighted by molar-refractivity contribution is -0.134. The third kappa shape index (κ3) is 5.34. The predicted octanol–water partition coefficient (Wildman–Crippen LogP) is 1.64. The summed E-state index contributed by atoms with van der Waals surface area (Å²) in [4.78, 5) is 16.7. The molecule has 0 N–H and O–H groups in total. The van der Waals surface area contributed by atoms with E-state index in [1.165, 1.54) is 0 Å². The number of hydrogen-bond donors (Lipinski definition) is 0. The third-order valence-electron chi connectivity index (χ3n) is 4.93. The number of methoxy groups -OCH3 is 1. The van der Waals surface area contributed by atoms with E-state index in [0.717, 1.165) is 63.9 Å². The second-order valence-electron chi connectivity index (χ2n) is 6.68. The topological polar surface area (TPSA) is 51.2 Å². The van der Waals surface area contributed by atoms with Crippen LogP contribution >= 0.6 is 0 Å². The van der Waals surface area contributed by atoms with Crippen molar-refractivity contribution >= 4 is 5.91 Å². The van der Waals surface area contributed by atoms with Gasteiger partial charge in [0.25, 0.3) is 0 Å². The van der Waals surface area contributed by atoms with E-state index in [9.17, 15) is 4.79 Å². The summed E-state index contributed by atoms with van der Waals surface area (Å²) in [5.41, 5.74) is 0. The molecule has 2 heterocycles. The molecule has 0 aromatic heterocycles. The van der Waals surface area contributed by atoms with Crippen molar-refractivity contribution in [3.05, 3.63) is 24.3 Å². The molecule has 2 saturated heterocycles. The molecule has 25 heavy (non-hydrogen) atoms. The van der Waals surface area contributed by atoms with Crippen molar-refractivity contribution in [2.45, 2.75) is 12.8 Å². The lowest BCUT2D eigenvalue weighted by Crippen LogP contribution is -2.49. The Morgan fingerprint density at radius 3 is 2.76 bits per heavy atom. The minimum Gasteiger partial charge on any atom is -0.497 e. The second kappa shape index (κ2) is 9.06. The molecule has 0 saturated carbocycles. The zero-order valence-electron chi connectivity index (χ0n) is 15.0. The highest BCUT2D eigenvalue weighted by atomic mass is 16.5. The quantitative estimate of drug-likeness (QED) is 0.750. The molecular formula is C19H28N2O4. The van der Waals surface area contributed by atoms with Crippen LogP contribution in [-0.2, 0) is 9.53 Å². The fraction of sp³-hybridized carbons (Fsp3) is 0.632. The lowest BCUT2D eigenvalue weighted by Gasteiger charge is -2.35. The van der Waals surface area contributed by atoms with Crippen LogP contribution in [0.25, 0.3) is 0 Å². The molecule has 0 spiro atoms. The van der Waals surface area contributed by atoms with Crippen LogP contribution in [-0.4, -0.2) is 75.4 Å². The Morgan fingerprint density at radius 1 is 1.24 bits per heavy atom. The first-order valence-electron chi connectivity index (χ1n) is 9.09. The van der Waals surface area contributed by atoms with Crippen molar-refractivity contribution in [2.24, 2.45) is 5.92 Å². The summed E-state index contributed by atoms with van der Waals surface area (Å²) in [6, 6.07) is 7.66. The Balaban J connectivity index is 1.34. The molecule has 1 aromatic rings. The van der Waals surface area contributed by atoms with Crippen molar-refractivity contribution in [2.75, 3.05) is 59.7 Å². The molecule has 3 rings (SSSR count). The first kappa shape index (κ1) is 18.0. The van der Waals surface area contributed by atoms with Crippen LogP contribution in [0.2, 0.25) is 0 Å². The summed E-state index contributed by atoms with van der Waals surface area (Å²) >= 11 is 0. The second-order valence-corrected chi connectivity index (χ2v) is 6.68. The van der Waals surface area contributed by atoms with Gasteiger partial charge in [0.1, 0.15) is 18.1 Å². The molecule has 1 amide bonds. The van der Waals surface area contributed by atoms with Crippen LogP contribution in [0.4, 0.5) is 0 Å². The SMILES string of the molecule is COc1cccc(OCCN2CCN(C(=O)C[C@H]3CCOC3)CC2)c1. The number of ether oxygens (including phenoxy) is 3. The normalized spacial score (nSPS) is 21.3. The van der Waals surface area contributed by atoms with Crippen LogP contribution < -0.4 is 9.47 Å². The van der Waals surface area contributed by atoms with Gasteiger partial charge in [0, 0.05) is 58.4 Å². The average Bonchev–Trinajstić information content (AvgIpc) is 3.15. The molecule has 6 heteroatoms. The van der Waals surface area contributed by atoms with Crippen molar-refractivity contribution in [3.63, 3.8) is 0 Å². The van der Waals surface area contributed by atoms with E-state index in [-0.39, 0.29) is 5.91 Å². The molecule has 2 fully saturated rings. The van der Waals surface area contributed by atoms with Crippen molar-refractivity contribution in [3.8, 4) is 11.5 Å². The standard InChI is InChI=1S/C19H28N2O4/c1-23-17-3-2-4-18(14-17)25-12-10-20-6-8-21(9-7-20)19(22)13-16-5-11-24-15-16/h2-4,14,16H,5-13,15H2,1H3/t16-/m1/s1. The molecule has 0 unspecified atom stereocenters. The average molecular weight is 348 g/mol. The number of hydrogen-bond acceptors (Lipinski definition) is 5. The molecular weight excluding hydrogens is 320 g/mol. The highest BCUT2D eigenvalue weighted by molar-refractivity contribution is 5.76. The molecule has 1 aromatic carbocycles. The smallest absolute Gasteiger partial charge is 0.223 e. The summed E-state index contributed by atoms with van der Waals surface area (Å²) in [5.74, 6) is 2.33. The van der Waals surface area contributed by atoms with Gasteiger partial charge in [0.15, 0.2) is 0 Å². The summed E-state index contributed by atoms with van der Waals surface area (Å²) in [6.45, 7) is 6.50. The fourth-order valence-electron chi connectivity index (χ4n) is 3.32. The van der Waals surface area contributed by atoms with Gasteiger partial charge in [-0.15, -0.1) is 0 Å². The molecule has 138 valence electrons. The van der Waals surface area contributed by atoms with Gasteiger partial charge in [0.05, 0.1) is 7.11 Å². The van der Waals surface area contributed by atoms with E-state index in [4.69, 9.17) is 14.2 Å². The molecule has 2 aliphatic heterocycles. The number of carbonyl (C=O) groups is 1. The molecule has 0 bridgehead atoms. The van der Waals surface area contributed by atoms with Gasteiger partial charge in [-0.25, -0.2) is 0 Å². The Morgan fingerprint density at radius 2 is 2.04 bits per heavy atom. The Hall–Kier alpha value is -1.79. The van der Waals surface area contributed by atoms with Gasteiger partial charge in [0.2, 0.25) is 5.91 Å². The molecule has 0 radical (unpaired) electrons. The van der Waals surface area contributed by atoms with E-state index in [1.807, 2.05) is 29.2 Å². The number of nitrogens with zero attached hydrogens (tertiary/aromatic N) is 2. The highest BCUT2D eigenvalue weighted by Gasteiger charge is 2.25. The highest BCUT2D eigenvalue weighted by Crippen LogP contribution is 2.19. The minimum atomic E-state index is 0.280. The zero-order valence-corrected chi connectivity index (χ0v) is 15.0. The van der Waals surface area contributed by atoms with Gasteiger partial charge >= 0.3 is 0 Å². The Kier molecular flexibility index (Phi) is 6.53. The fourth-order valence-corrected chi connectivity index (χ4v) is 3.32. The Labute approximate surface area is 149 Å². The van der Waals surface area contributed by atoms with Crippen molar-refractivity contribution < 1.29 is 19.0 Å². The van der Waals surface area contributed by atoms with Gasteiger partial charge in [-0.3, -0.25) is 9.69 Å². The largest absolute Gasteiger partial charge is 0.497 e. The van der Waals surface area contributed by atoms with Crippen molar-refractivity contribution in [1.29, 1.82) is 0 Å². The number of amides is 1. The first-order chi connectivity index (χ1) is 12.2. The van der Waals surface area contributed by atoms with Gasteiger partial charge in [-0.1, -0.05) is 6.07 Å². The van der Waals surface area contributed by atoms with Gasteiger partial charge in [-0.2, -0.15) is 0 Å². The first-order valence-corrected chi connectivity index (χ1v) is 9.09. The van der Waals surface area contributed by atoms with Crippen LogP contribution in [0.3, 0.4) is 0 Å². The predicted molar refractivity (Wildman–Crippen MR) is 95.1 cm³/mol. The van der Waals surface area contributed by atoms with E-state index >= 15 is 0 Å². The molecule has 2 aliphatic rings. The number of carbonyl (C=O) groups excluding carboxylic acids is 1. The van der Waals surface area contributed by atoms with Gasteiger partial charge < -0.3 is 19.1 Å². The van der Waals surface area contributed by atoms with E-state index < -0.39 is 0 Å². The van der Waals surface area contributed by atoms with Crippen LogP contribution in [0.1, 0.15) is 12.8 Å². The maximum absolute atomic E-state index is 12.3. The molecule has 0 aliphatic carbocycles. The number of piperazine rings is 1. The zero-order chi connectivity index (χ0) is 17.5. The summed E-state index contributed by atoms with van der Waals surface area (Å²) in [6.07, 6.45) is 1.66. The van der Waals surface area contributed by atoms with E-state index in [1.54, 1.807) is 7.11 Å². The van der Waals surface area contributed by atoms with E-state index in [0.29, 0.717) is 18.9 Å². The number of benzene rings is 1. The monoisotopic (exact) mass is 348 g/mol. The van der Waals surface area contributed by atoms with Crippen LogP contribution in [0, 0.1) is 5.92 Å². The van der Waals surface area contributed by atoms with Gasteiger partial charge in [-0.05, 0) is 24.5 Å². The maximum atomic E-state index is 12.3. The lowest BCUT2D eigenvalue weighted by atomic mass is 10.0. The van der Waals surface area contributed by atoms with Crippen molar-refractivity contribution in [1.82, 2.24) is 9.80 Å². The number of rotatable bonds is 7. The molecule has 1 atom stereocenters. The van der Waals surface area contributed by atoms with E-state index in [2.05, 4.69) is 4.90 Å². The minimum absolute atomic E-state index is 0.280. The van der Waals surface area contributed by atoms with Crippen LogP contribution in [0.15, 0.2) is 24.3 Å². The van der Waals surface area contributed by atoms with Crippen LogP contribution in [0.5, 0.6) is 11.5 Å². The Bertz CT molecular complexity index is 552. The summed E-state index contributed by atoms with van der Waals surface area (Å²) < 4.78 is 16.4. The molecule has 6 nitrogen and oxygen atoms in total. The third-order valence-corrected chi connectivity index (χ3v) is 4.93.